The second kappa shape index (κ2) is 7.06. The summed E-state index contributed by atoms with van der Waals surface area (Å²) in [5.41, 5.74) is 0.375. The van der Waals surface area contributed by atoms with E-state index in [1.165, 1.54) is 25.6 Å². The predicted octanol–water partition coefficient (Wildman–Crippen LogP) is 1.85. The predicted molar refractivity (Wildman–Crippen MR) is 84.1 cm³/mol. The van der Waals surface area contributed by atoms with E-state index in [1.54, 1.807) is 12.1 Å². The fourth-order valence-electron chi connectivity index (χ4n) is 2.46. The van der Waals surface area contributed by atoms with Gasteiger partial charge in [0.1, 0.15) is 0 Å². The van der Waals surface area contributed by atoms with Gasteiger partial charge in [-0.25, -0.2) is 0 Å². The molecule has 0 aliphatic carbocycles. The summed E-state index contributed by atoms with van der Waals surface area (Å²) in [5, 5.41) is 0. The average molecular weight is 330 g/mol. The van der Waals surface area contributed by atoms with E-state index in [1.807, 2.05) is 0 Å². The lowest BCUT2D eigenvalue weighted by Gasteiger charge is -2.26. The van der Waals surface area contributed by atoms with Crippen molar-refractivity contribution >= 4 is 15.9 Å². The molecule has 1 aromatic carbocycles. The molecular weight excluding hydrogens is 308 g/mol. The summed E-state index contributed by atoms with van der Waals surface area (Å²) >= 11 is 0. The molecule has 0 radical (unpaired) electrons. The molecule has 0 amide bonds. The molecule has 1 saturated heterocycles. The molecule has 1 heterocycles. The Morgan fingerprint density at radius 2 is 1.50 bits per heavy atom. The standard InChI is InChI=1S/C14H22N2O5S/c1-19-12-9-11(10-13(20-2)14(12)21-3)15-22(17,18)16-7-5-4-6-8-16/h9-10,15H,4-8H2,1-3H3. The van der Waals surface area contributed by atoms with Gasteiger partial charge in [-0.3, -0.25) is 4.72 Å². The van der Waals surface area contributed by atoms with Gasteiger partial charge in [-0.2, -0.15) is 12.7 Å². The van der Waals surface area contributed by atoms with Crippen molar-refractivity contribution in [2.24, 2.45) is 0 Å². The summed E-state index contributed by atoms with van der Waals surface area (Å²) in [6.07, 6.45) is 2.84. The maximum absolute atomic E-state index is 12.4. The van der Waals surface area contributed by atoms with Crippen LogP contribution in [0.5, 0.6) is 17.2 Å². The molecule has 0 aromatic heterocycles. The van der Waals surface area contributed by atoms with Crippen LogP contribution in [0.25, 0.3) is 0 Å². The first-order chi connectivity index (χ1) is 10.5. The van der Waals surface area contributed by atoms with Crippen LogP contribution in [-0.2, 0) is 10.2 Å². The van der Waals surface area contributed by atoms with Crippen molar-refractivity contribution < 1.29 is 22.6 Å². The van der Waals surface area contributed by atoms with Gasteiger partial charge >= 0.3 is 10.2 Å². The van der Waals surface area contributed by atoms with E-state index < -0.39 is 10.2 Å². The highest BCUT2D eigenvalue weighted by Gasteiger charge is 2.24. The van der Waals surface area contributed by atoms with Gasteiger partial charge in [0.25, 0.3) is 0 Å². The van der Waals surface area contributed by atoms with Gasteiger partial charge in [-0.15, -0.1) is 0 Å². The van der Waals surface area contributed by atoms with E-state index in [-0.39, 0.29) is 0 Å². The van der Waals surface area contributed by atoms with E-state index in [0.717, 1.165) is 19.3 Å². The highest BCUT2D eigenvalue weighted by atomic mass is 32.2. The third kappa shape index (κ3) is 3.56. The Bertz CT molecular complexity index is 587. The Morgan fingerprint density at radius 3 is 1.95 bits per heavy atom. The molecule has 2 rings (SSSR count). The molecule has 1 N–H and O–H groups in total. The van der Waals surface area contributed by atoms with Crippen molar-refractivity contribution in [2.75, 3.05) is 39.1 Å². The smallest absolute Gasteiger partial charge is 0.301 e. The monoisotopic (exact) mass is 330 g/mol. The van der Waals surface area contributed by atoms with Crippen LogP contribution in [0.3, 0.4) is 0 Å². The van der Waals surface area contributed by atoms with Crippen molar-refractivity contribution in [2.45, 2.75) is 19.3 Å². The highest BCUT2D eigenvalue weighted by Crippen LogP contribution is 2.40. The summed E-state index contributed by atoms with van der Waals surface area (Å²) in [4.78, 5) is 0. The number of benzene rings is 1. The zero-order chi connectivity index (χ0) is 16.2. The lowest BCUT2D eigenvalue weighted by molar-refractivity contribution is 0.324. The zero-order valence-corrected chi connectivity index (χ0v) is 13.9. The number of hydrogen-bond acceptors (Lipinski definition) is 5. The number of nitrogens with zero attached hydrogens (tertiary/aromatic N) is 1. The molecule has 1 fully saturated rings. The minimum Gasteiger partial charge on any atom is -0.493 e. The van der Waals surface area contributed by atoms with Crippen molar-refractivity contribution in [1.29, 1.82) is 0 Å². The fraction of sp³-hybridized carbons (Fsp3) is 0.571. The number of ether oxygens (including phenoxy) is 3. The van der Waals surface area contributed by atoms with Crippen LogP contribution in [-0.4, -0.2) is 47.1 Å². The number of anilines is 1. The Labute approximate surface area is 131 Å². The Balaban J connectivity index is 2.28. The van der Waals surface area contributed by atoms with Gasteiger partial charge in [0, 0.05) is 25.2 Å². The number of piperidine rings is 1. The lowest BCUT2D eigenvalue weighted by atomic mass is 10.2. The minimum absolute atomic E-state index is 0.375. The molecule has 1 aliphatic rings. The lowest BCUT2D eigenvalue weighted by Crippen LogP contribution is -2.39. The summed E-state index contributed by atoms with van der Waals surface area (Å²) in [6.45, 7) is 1.08. The summed E-state index contributed by atoms with van der Waals surface area (Å²) in [7, 11) is 0.896. The molecule has 0 unspecified atom stereocenters. The summed E-state index contributed by atoms with van der Waals surface area (Å²) in [5.74, 6) is 1.22. The van der Waals surface area contributed by atoms with E-state index in [2.05, 4.69) is 4.72 Å². The molecule has 1 aromatic rings. The molecule has 8 heteroatoms. The molecule has 7 nitrogen and oxygen atoms in total. The molecule has 0 saturated carbocycles. The van der Waals surface area contributed by atoms with Crippen molar-refractivity contribution in [1.82, 2.24) is 4.31 Å². The molecule has 22 heavy (non-hydrogen) atoms. The number of nitrogens with one attached hydrogen (secondary N) is 1. The number of rotatable bonds is 6. The first-order valence-electron chi connectivity index (χ1n) is 7.09. The van der Waals surface area contributed by atoms with Crippen LogP contribution in [0, 0.1) is 0 Å². The first-order valence-corrected chi connectivity index (χ1v) is 8.53. The molecule has 1 aliphatic heterocycles. The van der Waals surface area contributed by atoms with Gasteiger partial charge in [0.05, 0.1) is 27.0 Å². The van der Waals surface area contributed by atoms with Gasteiger partial charge in [-0.1, -0.05) is 6.42 Å². The Morgan fingerprint density at radius 1 is 0.955 bits per heavy atom. The second-order valence-electron chi connectivity index (χ2n) is 4.98. The van der Waals surface area contributed by atoms with E-state index in [0.29, 0.717) is 36.0 Å². The average Bonchev–Trinajstić information content (AvgIpc) is 2.54. The summed E-state index contributed by atoms with van der Waals surface area (Å²) in [6, 6.07) is 3.14. The van der Waals surface area contributed by atoms with Gasteiger partial charge in [0.2, 0.25) is 5.75 Å². The van der Waals surface area contributed by atoms with Crippen molar-refractivity contribution in [3.05, 3.63) is 12.1 Å². The fourth-order valence-corrected chi connectivity index (χ4v) is 3.74. The minimum atomic E-state index is -3.57. The van der Waals surface area contributed by atoms with Crippen LogP contribution in [0.15, 0.2) is 12.1 Å². The summed E-state index contributed by atoms with van der Waals surface area (Å²) < 4.78 is 44.5. The van der Waals surface area contributed by atoms with Crippen molar-refractivity contribution in [3.63, 3.8) is 0 Å². The number of hydrogen-bond donors (Lipinski definition) is 1. The van der Waals surface area contributed by atoms with Crippen LogP contribution >= 0.6 is 0 Å². The molecular formula is C14H22N2O5S. The number of methoxy groups -OCH3 is 3. The van der Waals surface area contributed by atoms with E-state index >= 15 is 0 Å². The van der Waals surface area contributed by atoms with Gasteiger partial charge in [0.15, 0.2) is 11.5 Å². The molecule has 0 atom stereocenters. The largest absolute Gasteiger partial charge is 0.493 e. The van der Waals surface area contributed by atoms with Crippen LogP contribution in [0.2, 0.25) is 0 Å². The maximum atomic E-state index is 12.4. The third-order valence-electron chi connectivity index (χ3n) is 3.57. The van der Waals surface area contributed by atoms with Crippen LogP contribution in [0.1, 0.15) is 19.3 Å². The zero-order valence-electron chi connectivity index (χ0n) is 13.1. The molecule has 0 spiro atoms. The van der Waals surface area contributed by atoms with E-state index in [4.69, 9.17) is 14.2 Å². The Hall–Kier alpha value is -1.67. The maximum Gasteiger partial charge on any atom is 0.301 e. The topological polar surface area (TPSA) is 77.1 Å². The normalized spacial score (nSPS) is 16.1. The van der Waals surface area contributed by atoms with Crippen LogP contribution < -0.4 is 18.9 Å². The van der Waals surface area contributed by atoms with Crippen LogP contribution in [0.4, 0.5) is 5.69 Å². The Kier molecular flexibility index (Phi) is 5.36. The quantitative estimate of drug-likeness (QED) is 0.861. The second-order valence-corrected chi connectivity index (χ2v) is 6.65. The van der Waals surface area contributed by atoms with Gasteiger partial charge in [-0.05, 0) is 12.8 Å². The highest BCUT2D eigenvalue weighted by molar-refractivity contribution is 7.90. The molecule has 0 bridgehead atoms. The first kappa shape index (κ1) is 16.7. The van der Waals surface area contributed by atoms with Gasteiger partial charge < -0.3 is 14.2 Å². The molecule has 124 valence electrons. The third-order valence-corrected chi connectivity index (χ3v) is 5.11. The SMILES string of the molecule is COc1cc(NS(=O)(=O)N2CCCCC2)cc(OC)c1OC. The van der Waals surface area contributed by atoms with E-state index in [9.17, 15) is 8.42 Å². The van der Waals surface area contributed by atoms with Crippen molar-refractivity contribution in [3.8, 4) is 17.2 Å².